The Morgan fingerprint density at radius 3 is 2.79 bits per heavy atom. The predicted molar refractivity (Wildman–Crippen MR) is 108 cm³/mol. The number of fused-ring (bicyclic) bond motifs is 1. The number of imidazole rings is 1. The topological polar surface area (TPSA) is 81.2 Å². The number of anilines is 2. The third-order valence-electron chi connectivity index (χ3n) is 5.65. The fourth-order valence-corrected chi connectivity index (χ4v) is 4.26. The maximum absolute atomic E-state index is 9.95. The molecule has 2 aliphatic rings. The molecular weight excluding hydrogens is 352 g/mol. The lowest BCUT2D eigenvalue weighted by Crippen LogP contribution is -2.35. The van der Waals surface area contributed by atoms with Crippen molar-refractivity contribution in [3.8, 4) is 5.75 Å². The minimum Gasteiger partial charge on any atom is -0.508 e. The molecular formula is C21H24N6O. The molecule has 1 fully saturated rings. The van der Waals surface area contributed by atoms with Crippen molar-refractivity contribution < 1.29 is 5.11 Å². The number of phenols is 1. The molecule has 1 saturated heterocycles. The highest BCUT2D eigenvalue weighted by atomic mass is 16.3. The first kappa shape index (κ1) is 17.0. The summed E-state index contributed by atoms with van der Waals surface area (Å²) in [7, 11) is 0. The van der Waals surface area contributed by atoms with Crippen LogP contribution in [0.4, 0.5) is 11.8 Å². The molecule has 0 bridgehead atoms. The average molecular weight is 376 g/mol. The number of aromatic hydroxyl groups is 1. The van der Waals surface area contributed by atoms with E-state index in [-0.39, 0.29) is 11.7 Å². The lowest BCUT2D eigenvalue weighted by Gasteiger charge is -2.33. The average Bonchev–Trinajstić information content (AvgIpc) is 3.38. The van der Waals surface area contributed by atoms with E-state index in [4.69, 9.17) is 4.98 Å². The zero-order chi connectivity index (χ0) is 19.1. The van der Waals surface area contributed by atoms with Crippen LogP contribution in [0.1, 0.15) is 41.4 Å². The van der Waals surface area contributed by atoms with Gasteiger partial charge in [0.1, 0.15) is 11.6 Å². The van der Waals surface area contributed by atoms with Gasteiger partial charge in [0.15, 0.2) is 0 Å². The number of phenolic OH excluding ortho intramolecular Hbond substituents is 1. The van der Waals surface area contributed by atoms with E-state index >= 15 is 0 Å². The van der Waals surface area contributed by atoms with Gasteiger partial charge in [-0.15, -0.1) is 0 Å². The Hall–Kier alpha value is -3.09. The molecule has 0 aliphatic carbocycles. The third kappa shape index (κ3) is 3.06. The van der Waals surface area contributed by atoms with Gasteiger partial charge in [-0.25, -0.2) is 9.97 Å². The third-order valence-corrected chi connectivity index (χ3v) is 5.65. The van der Waals surface area contributed by atoms with E-state index in [0.29, 0.717) is 0 Å². The summed E-state index contributed by atoms with van der Waals surface area (Å²) in [4.78, 5) is 22.0. The Morgan fingerprint density at radius 2 is 1.96 bits per heavy atom. The molecule has 28 heavy (non-hydrogen) atoms. The summed E-state index contributed by atoms with van der Waals surface area (Å²) in [5.74, 6) is 2.13. The van der Waals surface area contributed by atoms with Crippen molar-refractivity contribution in [2.45, 2.75) is 32.2 Å². The van der Waals surface area contributed by atoms with Gasteiger partial charge in [-0.05, 0) is 37.5 Å². The van der Waals surface area contributed by atoms with E-state index in [1.54, 1.807) is 12.4 Å². The highest BCUT2D eigenvalue weighted by Gasteiger charge is 2.30. The van der Waals surface area contributed by atoms with E-state index in [9.17, 15) is 5.11 Å². The van der Waals surface area contributed by atoms with Crippen molar-refractivity contribution in [2.24, 2.45) is 0 Å². The van der Waals surface area contributed by atoms with Crippen molar-refractivity contribution in [2.75, 3.05) is 29.4 Å². The molecule has 2 N–H and O–H groups in total. The first-order valence-corrected chi connectivity index (χ1v) is 9.84. The van der Waals surface area contributed by atoms with Crippen LogP contribution in [-0.4, -0.2) is 44.7 Å². The molecule has 2 aliphatic heterocycles. The summed E-state index contributed by atoms with van der Waals surface area (Å²) in [6.07, 6.45) is 4.16. The SMILES string of the molecule is Cc1cc(N2Cc3[nH]cnc3C(c3cccc(O)c3)C2)nc(N2CCCC2)n1. The van der Waals surface area contributed by atoms with Gasteiger partial charge in [-0.2, -0.15) is 4.98 Å². The van der Waals surface area contributed by atoms with Gasteiger partial charge >= 0.3 is 0 Å². The van der Waals surface area contributed by atoms with Crippen LogP contribution in [0, 0.1) is 6.92 Å². The fourth-order valence-electron chi connectivity index (χ4n) is 4.26. The molecule has 2 aromatic heterocycles. The van der Waals surface area contributed by atoms with Crippen molar-refractivity contribution in [1.29, 1.82) is 0 Å². The first-order valence-electron chi connectivity index (χ1n) is 9.84. The summed E-state index contributed by atoms with van der Waals surface area (Å²) < 4.78 is 0. The van der Waals surface area contributed by atoms with Crippen LogP contribution < -0.4 is 9.80 Å². The number of hydrogen-bond donors (Lipinski definition) is 2. The molecule has 0 amide bonds. The number of hydrogen-bond acceptors (Lipinski definition) is 6. The van der Waals surface area contributed by atoms with Crippen LogP contribution in [0.25, 0.3) is 0 Å². The number of aromatic amines is 1. The molecule has 3 aromatic rings. The van der Waals surface area contributed by atoms with Crippen molar-refractivity contribution in [3.63, 3.8) is 0 Å². The number of benzene rings is 1. The molecule has 144 valence electrons. The summed E-state index contributed by atoms with van der Waals surface area (Å²) in [6.45, 7) is 5.58. The van der Waals surface area contributed by atoms with E-state index in [1.165, 1.54) is 12.8 Å². The van der Waals surface area contributed by atoms with E-state index in [2.05, 4.69) is 30.8 Å². The highest BCUT2D eigenvalue weighted by molar-refractivity contribution is 5.50. The number of nitrogens with zero attached hydrogens (tertiary/aromatic N) is 5. The number of aryl methyl sites for hydroxylation is 1. The molecule has 4 heterocycles. The highest BCUT2D eigenvalue weighted by Crippen LogP contribution is 2.35. The maximum atomic E-state index is 9.95. The Balaban J connectivity index is 1.51. The number of H-pyrrole nitrogens is 1. The van der Waals surface area contributed by atoms with Gasteiger partial charge in [0, 0.05) is 37.3 Å². The molecule has 7 heteroatoms. The van der Waals surface area contributed by atoms with Crippen LogP contribution in [-0.2, 0) is 6.54 Å². The molecule has 5 rings (SSSR count). The fraction of sp³-hybridized carbons (Fsp3) is 0.381. The summed E-state index contributed by atoms with van der Waals surface area (Å²) in [6, 6.07) is 9.52. The van der Waals surface area contributed by atoms with E-state index in [0.717, 1.165) is 60.6 Å². The van der Waals surface area contributed by atoms with Crippen molar-refractivity contribution in [3.05, 3.63) is 59.3 Å². The van der Waals surface area contributed by atoms with Gasteiger partial charge in [-0.1, -0.05) is 12.1 Å². The normalized spacial score (nSPS) is 19.1. The van der Waals surface area contributed by atoms with Crippen LogP contribution >= 0.6 is 0 Å². The number of nitrogens with one attached hydrogen (secondary N) is 1. The second-order valence-electron chi connectivity index (χ2n) is 7.66. The van der Waals surface area contributed by atoms with Gasteiger partial charge in [0.25, 0.3) is 0 Å². The quantitative estimate of drug-likeness (QED) is 0.731. The Labute approximate surface area is 164 Å². The van der Waals surface area contributed by atoms with Gasteiger partial charge in [0.05, 0.1) is 24.3 Å². The minimum atomic E-state index is 0.0765. The first-order chi connectivity index (χ1) is 13.7. The molecule has 0 spiro atoms. The standard InChI is InChI=1S/C21H24N6O/c1-14-9-19(25-21(24-14)26-7-2-3-8-26)27-11-17(15-5-4-6-16(28)10-15)20-18(12-27)22-13-23-20/h4-6,9-10,13,17,28H,2-3,7-8,11-12H2,1H3,(H,22,23). The van der Waals surface area contributed by atoms with E-state index < -0.39 is 0 Å². The lowest BCUT2D eigenvalue weighted by molar-refractivity contribution is 0.473. The van der Waals surface area contributed by atoms with Crippen LogP contribution in [0.3, 0.4) is 0 Å². The van der Waals surface area contributed by atoms with Crippen molar-refractivity contribution in [1.82, 2.24) is 19.9 Å². The maximum Gasteiger partial charge on any atom is 0.227 e. The van der Waals surface area contributed by atoms with Gasteiger partial charge in [-0.3, -0.25) is 0 Å². The minimum absolute atomic E-state index is 0.0765. The zero-order valence-electron chi connectivity index (χ0n) is 16.0. The van der Waals surface area contributed by atoms with E-state index in [1.807, 2.05) is 25.1 Å². The Bertz CT molecular complexity index is 994. The van der Waals surface area contributed by atoms with Gasteiger partial charge in [0.2, 0.25) is 5.95 Å². The Morgan fingerprint density at radius 1 is 1.11 bits per heavy atom. The van der Waals surface area contributed by atoms with Crippen LogP contribution in [0.15, 0.2) is 36.7 Å². The molecule has 1 unspecified atom stereocenters. The Kier molecular flexibility index (Phi) is 4.15. The molecule has 1 atom stereocenters. The van der Waals surface area contributed by atoms with Crippen molar-refractivity contribution >= 4 is 11.8 Å². The lowest BCUT2D eigenvalue weighted by atomic mass is 9.91. The smallest absolute Gasteiger partial charge is 0.227 e. The number of aromatic nitrogens is 4. The molecule has 7 nitrogen and oxygen atoms in total. The second-order valence-corrected chi connectivity index (χ2v) is 7.66. The second kappa shape index (κ2) is 6.82. The largest absolute Gasteiger partial charge is 0.508 e. The van der Waals surface area contributed by atoms with Crippen LogP contribution in [0.5, 0.6) is 5.75 Å². The molecule has 0 saturated carbocycles. The molecule has 0 radical (unpaired) electrons. The zero-order valence-corrected chi connectivity index (χ0v) is 16.0. The number of rotatable bonds is 3. The summed E-state index contributed by atoms with van der Waals surface area (Å²) >= 11 is 0. The molecule has 1 aromatic carbocycles. The predicted octanol–water partition coefficient (Wildman–Crippen LogP) is 2.97. The summed E-state index contributed by atoms with van der Waals surface area (Å²) in [5, 5.41) is 9.95. The summed E-state index contributed by atoms with van der Waals surface area (Å²) in [5.41, 5.74) is 4.19. The van der Waals surface area contributed by atoms with Crippen LogP contribution in [0.2, 0.25) is 0 Å². The monoisotopic (exact) mass is 376 g/mol. The van der Waals surface area contributed by atoms with Gasteiger partial charge < -0.3 is 19.9 Å².